The average Bonchev–Trinajstić information content (AvgIpc) is 2.51. The largest absolute Gasteiger partial charge is 0.298 e. The fourth-order valence-electron chi connectivity index (χ4n) is 3.25. The molecule has 0 bridgehead atoms. The van der Waals surface area contributed by atoms with Gasteiger partial charge >= 0.3 is 0 Å². The molecule has 0 radical (unpaired) electrons. The summed E-state index contributed by atoms with van der Waals surface area (Å²) in [5.74, 6) is 0.840. The normalized spacial score (nSPS) is 18.2. The predicted molar refractivity (Wildman–Crippen MR) is 85.4 cm³/mol. The first-order valence-electron chi connectivity index (χ1n) is 7.29. The molecule has 0 aliphatic heterocycles. The molecule has 1 saturated carbocycles. The Labute approximate surface area is 124 Å². The summed E-state index contributed by atoms with van der Waals surface area (Å²) in [5, 5.41) is 0.708. The number of hydrogen-bond donors (Lipinski definition) is 1. The Morgan fingerprint density at radius 3 is 2.70 bits per heavy atom. The third-order valence-corrected chi connectivity index (χ3v) is 5.16. The Kier molecular flexibility index (Phi) is 3.83. The highest BCUT2D eigenvalue weighted by atomic mass is 32.1. The van der Waals surface area contributed by atoms with Crippen LogP contribution in [-0.2, 0) is 6.54 Å². The molecule has 20 heavy (non-hydrogen) atoms. The highest BCUT2D eigenvalue weighted by molar-refractivity contribution is 7.80. The van der Waals surface area contributed by atoms with Gasteiger partial charge in [0.25, 0.3) is 5.56 Å². The molecule has 0 atom stereocenters. The molecule has 1 aliphatic carbocycles. The molecule has 0 unspecified atom stereocenters. The molecular weight excluding hydrogens is 268 g/mol. The van der Waals surface area contributed by atoms with E-state index in [-0.39, 0.29) is 11.0 Å². The van der Waals surface area contributed by atoms with Gasteiger partial charge in [-0.1, -0.05) is 31.4 Å². The van der Waals surface area contributed by atoms with Crippen molar-refractivity contribution in [2.75, 3.05) is 5.75 Å². The first-order valence-corrected chi connectivity index (χ1v) is 7.92. The van der Waals surface area contributed by atoms with Crippen LogP contribution in [0.15, 0.2) is 35.4 Å². The smallest absolute Gasteiger partial charge is 0.261 e. The van der Waals surface area contributed by atoms with Gasteiger partial charge in [-0.3, -0.25) is 9.36 Å². The van der Waals surface area contributed by atoms with E-state index in [1.165, 1.54) is 19.3 Å². The minimum Gasteiger partial charge on any atom is -0.298 e. The molecule has 0 saturated heterocycles. The van der Waals surface area contributed by atoms with Gasteiger partial charge in [-0.15, -0.1) is 0 Å². The topological polar surface area (TPSA) is 34.9 Å². The van der Waals surface area contributed by atoms with Crippen LogP contribution in [0, 0.1) is 5.41 Å². The quantitative estimate of drug-likeness (QED) is 0.880. The van der Waals surface area contributed by atoms with Gasteiger partial charge in [-0.25, -0.2) is 4.98 Å². The number of para-hydroxylation sites is 1. The van der Waals surface area contributed by atoms with E-state index in [0.717, 1.165) is 30.7 Å². The summed E-state index contributed by atoms with van der Waals surface area (Å²) in [5.41, 5.74) is 1.01. The van der Waals surface area contributed by atoms with E-state index < -0.39 is 0 Å². The molecule has 106 valence electrons. The van der Waals surface area contributed by atoms with E-state index >= 15 is 0 Å². The van der Waals surface area contributed by atoms with E-state index in [1.54, 1.807) is 10.9 Å². The van der Waals surface area contributed by atoms with Gasteiger partial charge in [0.2, 0.25) is 0 Å². The van der Waals surface area contributed by atoms with Crippen molar-refractivity contribution in [3.8, 4) is 0 Å². The second kappa shape index (κ2) is 5.60. The maximum atomic E-state index is 12.6. The standard InChI is InChI=1S/C16H20N2OS/c19-15-13-6-2-3-7-14(13)17-12-18(15)10-16(11-20)8-4-1-5-9-16/h2-3,6-7,12,20H,1,4-5,8-11H2. The van der Waals surface area contributed by atoms with Gasteiger partial charge in [0, 0.05) is 6.54 Å². The zero-order chi connectivity index (χ0) is 14.0. The van der Waals surface area contributed by atoms with Crippen molar-refractivity contribution in [2.24, 2.45) is 5.41 Å². The summed E-state index contributed by atoms with van der Waals surface area (Å²) >= 11 is 4.55. The first-order chi connectivity index (χ1) is 9.74. The molecule has 1 aromatic carbocycles. The van der Waals surface area contributed by atoms with Gasteiger partial charge in [0.05, 0.1) is 17.2 Å². The Balaban J connectivity index is 1.98. The van der Waals surface area contributed by atoms with Crippen LogP contribution in [0.1, 0.15) is 32.1 Å². The Hall–Kier alpha value is -1.29. The van der Waals surface area contributed by atoms with Crippen molar-refractivity contribution in [1.29, 1.82) is 0 Å². The van der Waals surface area contributed by atoms with Crippen LogP contribution < -0.4 is 5.56 Å². The minimum absolute atomic E-state index is 0.0716. The lowest BCUT2D eigenvalue weighted by atomic mass is 9.75. The van der Waals surface area contributed by atoms with Gasteiger partial charge in [-0.05, 0) is 36.1 Å². The van der Waals surface area contributed by atoms with Crippen molar-refractivity contribution in [1.82, 2.24) is 9.55 Å². The van der Waals surface area contributed by atoms with Crippen molar-refractivity contribution in [3.05, 3.63) is 40.9 Å². The van der Waals surface area contributed by atoms with E-state index in [0.29, 0.717) is 5.39 Å². The average molecular weight is 288 g/mol. The number of thiol groups is 1. The van der Waals surface area contributed by atoms with E-state index in [4.69, 9.17) is 0 Å². The third-order valence-electron chi connectivity index (χ3n) is 4.49. The van der Waals surface area contributed by atoms with Gasteiger partial charge in [0.15, 0.2) is 0 Å². The Morgan fingerprint density at radius 1 is 1.20 bits per heavy atom. The number of fused-ring (bicyclic) bond motifs is 1. The number of rotatable bonds is 3. The molecule has 0 spiro atoms. The summed E-state index contributed by atoms with van der Waals surface area (Å²) in [6.07, 6.45) is 7.82. The molecule has 2 aromatic rings. The monoisotopic (exact) mass is 288 g/mol. The fourth-order valence-corrected chi connectivity index (χ4v) is 3.66. The summed E-state index contributed by atoms with van der Waals surface area (Å²) < 4.78 is 1.78. The van der Waals surface area contributed by atoms with E-state index in [2.05, 4.69) is 17.6 Å². The second-order valence-electron chi connectivity index (χ2n) is 5.91. The summed E-state index contributed by atoms with van der Waals surface area (Å²) in [4.78, 5) is 17.0. The lowest BCUT2D eigenvalue weighted by Gasteiger charge is -2.36. The van der Waals surface area contributed by atoms with Crippen LogP contribution in [0.3, 0.4) is 0 Å². The SMILES string of the molecule is O=c1c2ccccc2ncn1CC1(CS)CCCCC1. The summed E-state index contributed by atoms with van der Waals surface area (Å²) in [6, 6.07) is 7.55. The van der Waals surface area contributed by atoms with Crippen LogP contribution >= 0.6 is 12.6 Å². The third kappa shape index (κ3) is 2.49. The number of hydrogen-bond acceptors (Lipinski definition) is 3. The van der Waals surface area contributed by atoms with Crippen LogP contribution in [-0.4, -0.2) is 15.3 Å². The van der Waals surface area contributed by atoms with Crippen molar-refractivity contribution in [3.63, 3.8) is 0 Å². The zero-order valence-electron chi connectivity index (χ0n) is 11.6. The number of aromatic nitrogens is 2. The van der Waals surface area contributed by atoms with Crippen molar-refractivity contribution in [2.45, 2.75) is 38.6 Å². The lowest BCUT2D eigenvalue weighted by molar-refractivity contribution is 0.187. The molecule has 1 fully saturated rings. The Morgan fingerprint density at radius 2 is 1.95 bits per heavy atom. The highest BCUT2D eigenvalue weighted by Gasteiger charge is 2.31. The Bertz CT molecular complexity index is 659. The number of nitrogens with zero attached hydrogens (tertiary/aromatic N) is 2. The van der Waals surface area contributed by atoms with Crippen molar-refractivity contribution < 1.29 is 0 Å². The second-order valence-corrected chi connectivity index (χ2v) is 6.23. The molecular formula is C16H20N2OS. The van der Waals surface area contributed by atoms with Crippen LogP contribution in [0.25, 0.3) is 10.9 Å². The molecule has 3 rings (SSSR count). The van der Waals surface area contributed by atoms with Crippen LogP contribution in [0.2, 0.25) is 0 Å². The molecule has 1 heterocycles. The minimum atomic E-state index is 0.0716. The van der Waals surface area contributed by atoms with Gasteiger partial charge in [0.1, 0.15) is 0 Å². The number of benzene rings is 1. The predicted octanol–water partition coefficient (Wildman–Crippen LogP) is 3.28. The molecule has 0 N–H and O–H groups in total. The van der Waals surface area contributed by atoms with Crippen LogP contribution in [0.4, 0.5) is 0 Å². The lowest BCUT2D eigenvalue weighted by Crippen LogP contribution is -2.35. The van der Waals surface area contributed by atoms with Crippen LogP contribution in [0.5, 0.6) is 0 Å². The maximum absolute atomic E-state index is 12.6. The highest BCUT2D eigenvalue weighted by Crippen LogP contribution is 2.38. The van der Waals surface area contributed by atoms with Gasteiger partial charge < -0.3 is 0 Å². The zero-order valence-corrected chi connectivity index (χ0v) is 12.5. The molecule has 1 aliphatic rings. The maximum Gasteiger partial charge on any atom is 0.261 e. The van der Waals surface area contributed by atoms with E-state index in [9.17, 15) is 4.79 Å². The molecule has 1 aromatic heterocycles. The molecule has 4 heteroatoms. The molecule has 3 nitrogen and oxygen atoms in total. The van der Waals surface area contributed by atoms with Crippen molar-refractivity contribution >= 4 is 23.5 Å². The summed E-state index contributed by atoms with van der Waals surface area (Å²) in [7, 11) is 0. The molecule has 0 amide bonds. The fraction of sp³-hybridized carbons (Fsp3) is 0.500. The van der Waals surface area contributed by atoms with Gasteiger partial charge in [-0.2, -0.15) is 12.6 Å². The summed E-state index contributed by atoms with van der Waals surface area (Å²) in [6.45, 7) is 0.743. The van der Waals surface area contributed by atoms with E-state index in [1.807, 2.05) is 24.3 Å². The first kappa shape index (κ1) is 13.7.